The third kappa shape index (κ3) is 4.18. The molecule has 1 N–H and O–H groups in total. The molecule has 4 atom stereocenters. The van der Waals surface area contributed by atoms with Crippen LogP contribution in [0.1, 0.15) is 104 Å². The molecule has 6 heteroatoms. The van der Waals surface area contributed by atoms with Crippen molar-refractivity contribution in [1.82, 2.24) is 0 Å². The molecule has 0 radical (unpaired) electrons. The minimum atomic E-state index is -1.73. The number of fused-ring (bicyclic) bond motifs is 2. The van der Waals surface area contributed by atoms with Crippen LogP contribution in [0.15, 0.2) is 0 Å². The van der Waals surface area contributed by atoms with Crippen molar-refractivity contribution in [3.05, 3.63) is 0 Å². The van der Waals surface area contributed by atoms with Gasteiger partial charge in [0.2, 0.25) is 11.7 Å². The molecule has 4 unspecified atom stereocenters. The monoisotopic (exact) mass is 426 g/mol. The zero-order chi connectivity index (χ0) is 23.0. The fourth-order valence-electron chi connectivity index (χ4n) is 5.68. The molecule has 0 aromatic carbocycles. The summed E-state index contributed by atoms with van der Waals surface area (Å²) in [6.45, 7) is 6.14. The minimum Gasteiger partial charge on any atom is -0.447 e. The standard InChI is InChI=1S/C25H38N4O2/c1-4-7-8-9-10-11-12-13-14-15-21-23(17-26,18-27)24(19-28)20(6-3)25(30-21,16-5-2)31-22(24)29/h20-21,29H,4-16H2,1-3H3. The summed E-state index contributed by atoms with van der Waals surface area (Å²) in [5, 5.41) is 39.1. The van der Waals surface area contributed by atoms with E-state index < -0.39 is 28.6 Å². The predicted octanol–water partition coefficient (Wildman–Crippen LogP) is 6.38. The second kappa shape index (κ2) is 11.0. The smallest absolute Gasteiger partial charge is 0.217 e. The molecular weight excluding hydrogens is 388 g/mol. The lowest BCUT2D eigenvalue weighted by molar-refractivity contribution is -0.284. The van der Waals surface area contributed by atoms with E-state index in [1.54, 1.807) is 0 Å². The van der Waals surface area contributed by atoms with Gasteiger partial charge in [0, 0.05) is 6.42 Å². The molecule has 0 aromatic heterocycles. The van der Waals surface area contributed by atoms with Gasteiger partial charge >= 0.3 is 0 Å². The first kappa shape index (κ1) is 25.2. The number of ether oxygens (including phenoxy) is 2. The second-order valence-corrected chi connectivity index (χ2v) is 9.13. The van der Waals surface area contributed by atoms with Crippen LogP contribution in [0.3, 0.4) is 0 Å². The molecule has 2 rings (SSSR count). The maximum atomic E-state index is 10.2. The molecule has 0 saturated carbocycles. The number of unbranched alkanes of at least 4 members (excludes halogenated alkanes) is 8. The van der Waals surface area contributed by atoms with Gasteiger partial charge in [-0.3, -0.25) is 5.41 Å². The first-order valence-electron chi connectivity index (χ1n) is 12.2. The maximum Gasteiger partial charge on any atom is 0.217 e. The number of nitrogens with zero attached hydrogens (tertiary/aromatic N) is 3. The van der Waals surface area contributed by atoms with Crippen LogP contribution in [-0.2, 0) is 9.47 Å². The van der Waals surface area contributed by atoms with Gasteiger partial charge in [-0.25, -0.2) is 0 Å². The average molecular weight is 427 g/mol. The SMILES string of the molecule is CCCCCCCCCCCC1OC2(CCC)OC(=N)C(C#N)(C2CC)C1(C#N)C#N. The largest absolute Gasteiger partial charge is 0.447 e. The maximum absolute atomic E-state index is 10.2. The molecule has 0 aromatic rings. The van der Waals surface area contributed by atoms with Gasteiger partial charge < -0.3 is 9.47 Å². The highest BCUT2D eigenvalue weighted by Crippen LogP contribution is 2.65. The van der Waals surface area contributed by atoms with Crippen LogP contribution < -0.4 is 0 Å². The van der Waals surface area contributed by atoms with Gasteiger partial charge in [0.1, 0.15) is 0 Å². The summed E-state index contributed by atoms with van der Waals surface area (Å²) < 4.78 is 12.3. The zero-order valence-electron chi connectivity index (χ0n) is 19.5. The summed E-state index contributed by atoms with van der Waals surface area (Å²) in [4.78, 5) is 0. The first-order chi connectivity index (χ1) is 15.0. The Morgan fingerprint density at radius 2 is 1.42 bits per heavy atom. The summed E-state index contributed by atoms with van der Waals surface area (Å²) in [5.74, 6) is -1.86. The van der Waals surface area contributed by atoms with E-state index >= 15 is 0 Å². The fraction of sp³-hybridized carbons (Fsp3) is 0.840. The van der Waals surface area contributed by atoms with Crippen molar-refractivity contribution in [3.63, 3.8) is 0 Å². The van der Waals surface area contributed by atoms with E-state index in [1.807, 2.05) is 13.8 Å². The molecule has 2 saturated heterocycles. The topological polar surface area (TPSA) is 114 Å². The van der Waals surface area contributed by atoms with Crippen LogP contribution in [0.25, 0.3) is 0 Å². The van der Waals surface area contributed by atoms with Crippen molar-refractivity contribution in [1.29, 1.82) is 21.2 Å². The van der Waals surface area contributed by atoms with E-state index in [1.165, 1.54) is 38.5 Å². The molecule has 2 aliphatic heterocycles. The second-order valence-electron chi connectivity index (χ2n) is 9.13. The third-order valence-corrected chi connectivity index (χ3v) is 7.24. The van der Waals surface area contributed by atoms with Crippen molar-refractivity contribution >= 4 is 5.90 Å². The Labute approximate surface area is 188 Å². The van der Waals surface area contributed by atoms with Crippen molar-refractivity contribution in [3.8, 4) is 18.2 Å². The highest BCUT2D eigenvalue weighted by atomic mass is 16.7. The summed E-state index contributed by atoms with van der Waals surface area (Å²) in [6.07, 6.45) is 12.2. The lowest BCUT2D eigenvalue weighted by Crippen LogP contribution is -2.62. The quantitative estimate of drug-likeness (QED) is 0.343. The molecule has 6 nitrogen and oxygen atoms in total. The van der Waals surface area contributed by atoms with Crippen molar-refractivity contribution < 1.29 is 9.47 Å². The number of nitriles is 3. The normalized spacial score (nSPS) is 30.8. The Hall–Kier alpha value is -2.10. The summed E-state index contributed by atoms with van der Waals surface area (Å²) in [7, 11) is 0. The van der Waals surface area contributed by atoms with Crippen molar-refractivity contribution in [2.24, 2.45) is 16.7 Å². The van der Waals surface area contributed by atoms with Crippen LogP contribution in [0.4, 0.5) is 0 Å². The minimum absolute atomic E-state index is 0.270. The van der Waals surface area contributed by atoms with Gasteiger partial charge in [0.25, 0.3) is 0 Å². The van der Waals surface area contributed by atoms with E-state index in [9.17, 15) is 15.8 Å². The van der Waals surface area contributed by atoms with E-state index in [0.29, 0.717) is 19.3 Å². The Morgan fingerprint density at radius 1 is 0.839 bits per heavy atom. The molecule has 0 spiro atoms. The number of hydrogen-bond donors (Lipinski definition) is 1. The molecule has 2 bridgehead atoms. The number of rotatable bonds is 13. The van der Waals surface area contributed by atoms with Crippen LogP contribution >= 0.6 is 0 Å². The highest BCUT2D eigenvalue weighted by molar-refractivity contribution is 5.89. The van der Waals surface area contributed by atoms with E-state index in [0.717, 1.165) is 25.7 Å². The first-order valence-corrected chi connectivity index (χ1v) is 12.2. The van der Waals surface area contributed by atoms with E-state index in [4.69, 9.17) is 14.9 Å². The molecule has 2 aliphatic rings. The van der Waals surface area contributed by atoms with Crippen LogP contribution in [0, 0.1) is 56.2 Å². The summed E-state index contributed by atoms with van der Waals surface area (Å²) in [6, 6.07) is 6.51. The van der Waals surface area contributed by atoms with Gasteiger partial charge in [-0.1, -0.05) is 78.6 Å². The van der Waals surface area contributed by atoms with Crippen LogP contribution in [-0.4, -0.2) is 17.8 Å². The third-order valence-electron chi connectivity index (χ3n) is 7.24. The fourth-order valence-corrected chi connectivity index (χ4v) is 5.68. The van der Waals surface area contributed by atoms with Crippen LogP contribution in [0.2, 0.25) is 0 Å². The molecular formula is C25H38N4O2. The van der Waals surface area contributed by atoms with Gasteiger partial charge in [-0.2, -0.15) is 15.8 Å². The average Bonchev–Trinajstić information content (AvgIpc) is 2.96. The lowest BCUT2D eigenvalue weighted by Gasteiger charge is -2.49. The number of nitrogens with one attached hydrogen (secondary N) is 1. The van der Waals surface area contributed by atoms with Crippen LogP contribution in [0.5, 0.6) is 0 Å². The van der Waals surface area contributed by atoms with E-state index in [-0.39, 0.29) is 5.90 Å². The van der Waals surface area contributed by atoms with Gasteiger partial charge in [0.05, 0.1) is 30.2 Å². The summed E-state index contributed by atoms with van der Waals surface area (Å²) in [5.41, 5.74) is -3.31. The Bertz CT molecular complexity index is 732. The predicted molar refractivity (Wildman–Crippen MR) is 119 cm³/mol. The van der Waals surface area contributed by atoms with E-state index in [2.05, 4.69) is 25.1 Å². The number of hydrogen-bond acceptors (Lipinski definition) is 6. The van der Waals surface area contributed by atoms with Gasteiger partial charge in [-0.05, 0) is 19.3 Å². The van der Waals surface area contributed by atoms with Crippen molar-refractivity contribution in [2.45, 2.75) is 116 Å². The molecule has 0 aliphatic carbocycles. The molecule has 2 heterocycles. The molecule has 0 amide bonds. The Morgan fingerprint density at radius 3 is 1.90 bits per heavy atom. The highest BCUT2D eigenvalue weighted by Gasteiger charge is 2.79. The van der Waals surface area contributed by atoms with Gasteiger partial charge in [-0.15, -0.1) is 0 Å². The van der Waals surface area contributed by atoms with Gasteiger partial charge in [0.15, 0.2) is 10.8 Å². The Kier molecular flexibility index (Phi) is 8.90. The molecule has 2 fully saturated rings. The Balaban J connectivity index is 2.15. The molecule has 31 heavy (non-hydrogen) atoms. The lowest BCUT2D eigenvalue weighted by atomic mass is 9.53. The molecule has 170 valence electrons. The van der Waals surface area contributed by atoms with Crippen molar-refractivity contribution in [2.75, 3.05) is 0 Å². The summed E-state index contributed by atoms with van der Waals surface area (Å²) >= 11 is 0. The zero-order valence-corrected chi connectivity index (χ0v) is 19.5.